The van der Waals surface area contributed by atoms with Crippen molar-refractivity contribution in [2.75, 3.05) is 6.54 Å². The van der Waals surface area contributed by atoms with E-state index in [2.05, 4.69) is 15.7 Å². The number of nitrogens with one attached hydrogen (secondary N) is 2. The van der Waals surface area contributed by atoms with Gasteiger partial charge in [0.05, 0.1) is 0 Å². The standard InChI is InChI=1S/C10H20N4/c11-14-10(13-9-5-6-9)12-7-8-3-1-2-4-8/h8-9H,1-7,11H2,(H2,12,13,14). The molecule has 0 aliphatic heterocycles. The van der Waals surface area contributed by atoms with Crippen molar-refractivity contribution in [2.24, 2.45) is 16.8 Å². The minimum Gasteiger partial charge on any atom is -0.353 e. The van der Waals surface area contributed by atoms with Gasteiger partial charge in [0, 0.05) is 12.6 Å². The molecule has 4 N–H and O–H groups in total. The molecule has 2 aliphatic carbocycles. The summed E-state index contributed by atoms with van der Waals surface area (Å²) in [6.45, 7) is 0.930. The molecule has 0 aromatic carbocycles. The topological polar surface area (TPSA) is 62.4 Å². The Kier molecular flexibility index (Phi) is 3.24. The van der Waals surface area contributed by atoms with Crippen molar-refractivity contribution in [3.05, 3.63) is 0 Å². The Labute approximate surface area is 85.3 Å². The molecule has 0 saturated heterocycles. The minimum absolute atomic E-state index is 0.619. The molecule has 2 fully saturated rings. The molecule has 0 atom stereocenters. The fraction of sp³-hybridized carbons (Fsp3) is 0.900. The first kappa shape index (κ1) is 9.77. The van der Waals surface area contributed by atoms with E-state index in [-0.39, 0.29) is 0 Å². The number of nitrogens with two attached hydrogens (primary N) is 1. The molecule has 14 heavy (non-hydrogen) atoms. The third-order valence-electron chi connectivity index (χ3n) is 3.04. The van der Waals surface area contributed by atoms with Crippen LogP contribution in [0.2, 0.25) is 0 Å². The number of rotatable bonds is 3. The highest BCUT2D eigenvalue weighted by Crippen LogP contribution is 2.24. The predicted molar refractivity (Wildman–Crippen MR) is 57.7 cm³/mol. The van der Waals surface area contributed by atoms with E-state index in [1.54, 1.807) is 0 Å². The first-order valence-corrected chi connectivity index (χ1v) is 5.66. The van der Waals surface area contributed by atoms with E-state index in [4.69, 9.17) is 5.84 Å². The summed E-state index contributed by atoms with van der Waals surface area (Å²) in [5, 5.41) is 3.28. The van der Waals surface area contributed by atoms with Crippen molar-refractivity contribution in [3.63, 3.8) is 0 Å². The summed E-state index contributed by atoms with van der Waals surface area (Å²) < 4.78 is 0. The maximum Gasteiger partial charge on any atom is 0.205 e. The number of hydrogen-bond donors (Lipinski definition) is 3. The zero-order valence-electron chi connectivity index (χ0n) is 8.63. The van der Waals surface area contributed by atoms with Gasteiger partial charge in [-0.2, -0.15) is 0 Å². The van der Waals surface area contributed by atoms with E-state index in [9.17, 15) is 0 Å². The Bertz CT molecular complexity index is 204. The molecule has 0 aromatic heterocycles. The third-order valence-corrected chi connectivity index (χ3v) is 3.04. The van der Waals surface area contributed by atoms with E-state index >= 15 is 0 Å². The molecule has 4 nitrogen and oxygen atoms in total. The monoisotopic (exact) mass is 196 g/mol. The average molecular weight is 196 g/mol. The van der Waals surface area contributed by atoms with Crippen molar-refractivity contribution in [3.8, 4) is 0 Å². The fourth-order valence-electron chi connectivity index (χ4n) is 1.97. The molecule has 4 heteroatoms. The van der Waals surface area contributed by atoms with Crippen molar-refractivity contribution < 1.29 is 0 Å². The smallest absolute Gasteiger partial charge is 0.205 e. The first-order valence-electron chi connectivity index (χ1n) is 5.66. The first-order chi connectivity index (χ1) is 6.88. The second-order valence-corrected chi connectivity index (χ2v) is 4.40. The van der Waals surface area contributed by atoms with Gasteiger partial charge in [-0.3, -0.25) is 10.4 Å². The van der Waals surface area contributed by atoms with E-state index in [0.717, 1.165) is 18.4 Å². The number of hydrazine groups is 1. The Morgan fingerprint density at radius 2 is 1.93 bits per heavy atom. The lowest BCUT2D eigenvalue weighted by molar-refractivity contribution is 0.560. The van der Waals surface area contributed by atoms with Crippen LogP contribution in [0.3, 0.4) is 0 Å². The lowest BCUT2D eigenvalue weighted by atomic mass is 10.1. The van der Waals surface area contributed by atoms with Gasteiger partial charge in [0.25, 0.3) is 0 Å². The zero-order chi connectivity index (χ0) is 9.80. The zero-order valence-corrected chi connectivity index (χ0v) is 8.63. The normalized spacial score (nSPS) is 23.9. The quantitative estimate of drug-likeness (QED) is 0.270. The van der Waals surface area contributed by atoms with Crippen molar-refractivity contribution >= 4 is 5.96 Å². The van der Waals surface area contributed by atoms with Gasteiger partial charge in [0.2, 0.25) is 5.96 Å². The number of guanidine groups is 1. The van der Waals surface area contributed by atoms with Gasteiger partial charge in [-0.25, -0.2) is 5.84 Å². The van der Waals surface area contributed by atoms with Gasteiger partial charge in [-0.1, -0.05) is 12.8 Å². The second kappa shape index (κ2) is 4.64. The summed E-state index contributed by atoms with van der Waals surface area (Å²) in [7, 11) is 0. The molecule has 0 bridgehead atoms. The number of hydrogen-bond acceptors (Lipinski definition) is 2. The van der Waals surface area contributed by atoms with Crippen LogP contribution in [0.4, 0.5) is 0 Å². The Hall–Kier alpha value is -0.770. The molecular formula is C10H20N4. The average Bonchev–Trinajstić information content (AvgIpc) is 2.86. The highest BCUT2D eigenvalue weighted by molar-refractivity contribution is 5.79. The SMILES string of the molecule is NNC(=NCC1CCCC1)NC1CC1. The maximum absolute atomic E-state index is 5.39. The Morgan fingerprint density at radius 1 is 1.21 bits per heavy atom. The van der Waals surface area contributed by atoms with E-state index < -0.39 is 0 Å². The van der Waals surface area contributed by atoms with Crippen LogP contribution in [0.1, 0.15) is 38.5 Å². The molecule has 0 aromatic rings. The van der Waals surface area contributed by atoms with E-state index in [1.807, 2.05) is 0 Å². The van der Waals surface area contributed by atoms with Gasteiger partial charge in [-0.15, -0.1) is 0 Å². The summed E-state index contributed by atoms with van der Waals surface area (Å²) in [6.07, 6.45) is 7.94. The van der Waals surface area contributed by atoms with Crippen LogP contribution in [0.5, 0.6) is 0 Å². The molecule has 0 heterocycles. The molecule has 2 saturated carbocycles. The van der Waals surface area contributed by atoms with Gasteiger partial charge in [-0.05, 0) is 31.6 Å². The number of aliphatic imine (C=N–C) groups is 1. The Morgan fingerprint density at radius 3 is 2.50 bits per heavy atom. The molecule has 2 aliphatic rings. The lowest BCUT2D eigenvalue weighted by Crippen LogP contribution is -2.42. The Balaban J connectivity index is 1.73. The maximum atomic E-state index is 5.39. The third kappa shape index (κ3) is 2.87. The molecule has 0 amide bonds. The molecule has 0 radical (unpaired) electrons. The fourth-order valence-corrected chi connectivity index (χ4v) is 1.97. The van der Waals surface area contributed by atoms with Crippen LogP contribution in [0.25, 0.3) is 0 Å². The molecule has 0 spiro atoms. The van der Waals surface area contributed by atoms with Crippen LogP contribution in [0.15, 0.2) is 4.99 Å². The highest BCUT2D eigenvalue weighted by Gasteiger charge is 2.22. The van der Waals surface area contributed by atoms with Crippen LogP contribution in [-0.2, 0) is 0 Å². The van der Waals surface area contributed by atoms with Crippen molar-refractivity contribution in [1.82, 2.24) is 10.7 Å². The van der Waals surface area contributed by atoms with E-state index in [0.29, 0.717) is 6.04 Å². The summed E-state index contributed by atoms with van der Waals surface area (Å²) in [5.41, 5.74) is 2.64. The van der Waals surface area contributed by atoms with Crippen molar-refractivity contribution in [1.29, 1.82) is 0 Å². The van der Waals surface area contributed by atoms with Gasteiger partial charge in [0.1, 0.15) is 0 Å². The summed E-state index contributed by atoms with van der Waals surface area (Å²) in [4.78, 5) is 4.47. The van der Waals surface area contributed by atoms with E-state index in [1.165, 1.54) is 38.5 Å². The lowest BCUT2D eigenvalue weighted by Gasteiger charge is -2.09. The second-order valence-electron chi connectivity index (χ2n) is 4.40. The molecule has 0 unspecified atom stereocenters. The minimum atomic E-state index is 0.619. The van der Waals surface area contributed by atoms with Crippen molar-refractivity contribution in [2.45, 2.75) is 44.6 Å². The van der Waals surface area contributed by atoms with Crippen LogP contribution in [0, 0.1) is 5.92 Å². The molecule has 80 valence electrons. The highest BCUT2D eigenvalue weighted by atomic mass is 15.3. The summed E-state index contributed by atoms with van der Waals surface area (Å²) in [5.74, 6) is 6.96. The number of nitrogens with zero attached hydrogens (tertiary/aromatic N) is 1. The molecular weight excluding hydrogens is 176 g/mol. The summed E-state index contributed by atoms with van der Waals surface area (Å²) in [6, 6.07) is 0.619. The van der Waals surface area contributed by atoms with Gasteiger partial charge < -0.3 is 5.32 Å². The van der Waals surface area contributed by atoms with Crippen LogP contribution in [-0.4, -0.2) is 18.5 Å². The van der Waals surface area contributed by atoms with Crippen LogP contribution < -0.4 is 16.6 Å². The summed E-state index contributed by atoms with van der Waals surface area (Å²) >= 11 is 0. The predicted octanol–water partition coefficient (Wildman–Crippen LogP) is 0.748. The van der Waals surface area contributed by atoms with Gasteiger partial charge in [0.15, 0.2) is 0 Å². The molecule has 2 rings (SSSR count). The van der Waals surface area contributed by atoms with Crippen LogP contribution >= 0.6 is 0 Å². The van der Waals surface area contributed by atoms with Gasteiger partial charge >= 0.3 is 0 Å². The largest absolute Gasteiger partial charge is 0.353 e.